The van der Waals surface area contributed by atoms with Gasteiger partial charge in [-0.2, -0.15) is 0 Å². The molecule has 0 amide bonds. The van der Waals surface area contributed by atoms with E-state index in [1.807, 2.05) is 26.0 Å². The monoisotopic (exact) mass is 299 g/mol. The van der Waals surface area contributed by atoms with Crippen LogP contribution in [0.4, 0.5) is 0 Å². The zero-order valence-corrected chi connectivity index (χ0v) is 14.1. The Kier molecular flexibility index (Phi) is 3.46. The Morgan fingerprint density at radius 1 is 1.00 bits per heavy atom. The molecule has 0 atom stereocenters. The van der Waals surface area contributed by atoms with Gasteiger partial charge in [0.2, 0.25) is 0 Å². The average molecular weight is 299 g/mol. The summed E-state index contributed by atoms with van der Waals surface area (Å²) in [6, 6.07) is 8.20. The van der Waals surface area contributed by atoms with Gasteiger partial charge in [0.1, 0.15) is 5.76 Å². The van der Waals surface area contributed by atoms with Crippen LogP contribution in [0, 0.1) is 13.8 Å². The van der Waals surface area contributed by atoms with Gasteiger partial charge >= 0.3 is 7.12 Å². The highest BCUT2D eigenvalue weighted by Gasteiger charge is 2.51. The fourth-order valence-electron chi connectivity index (χ4n) is 2.72. The van der Waals surface area contributed by atoms with Crippen LogP contribution >= 0.6 is 0 Å². The molecule has 2 heterocycles. The smallest absolute Gasteiger partial charge is 0.399 e. The molecule has 5 heteroatoms. The summed E-state index contributed by atoms with van der Waals surface area (Å²) in [7, 11) is -0.356. The highest BCUT2D eigenvalue weighted by molar-refractivity contribution is 6.62. The molecular weight excluding hydrogens is 277 g/mol. The van der Waals surface area contributed by atoms with Gasteiger partial charge in [0, 0.05) is 5.56 Å². The van der Waals surface area contributed by atoms with Crippen molar-refractivity contribution in [2.24, 2.45) is 0 Å². The first-order valence-corrected chi connectivity index (χ1v) is 7.60. The third kappa shape index (κ3) is 2.38. The SMILES string of the molecule is Cc1noc(C)c1-c1cccc(B2OC(C)(C)C(C)(C)O2)c1. The summed E-state index contributed by atoms with van der Waals surface area (Å²) in [6.45, 7) is 12.1. The van der Waals surface area contributed by atoms with Crippen molar-refractivity contribution >= 4 is 12.6 Å². The molecule has 116 valence electrons. The molecule has 0 radical (unpaired) electrons. The molecule has 1 fully saturated rings. The van der Waals surface area contributed by atoms with Gasteiger partial charge in [-0.15, -0.1) is 0 Å². The Labute approximate surface area is 131 Å². The largest absolute Gasteiger partial charge is 0.494 e. The minimum absolute atomic E-state index is 0.337. The molecule has 0 N–H and O–H groups in total. The Bertz CT molecular complexity index is 670. The summed E-state index contributed by atoms with van der Waals surface area (Å²) in [4.78, 5) is 0. The predicted octanol–water partition coefficient (Wildman–Crippen LogP) is 3.26. The van der Waals surface area contributed by atoms with Gasteiger partial charge < -0.3 is 13.8 Å². The molecule has 3 rings (SSSR count). The molecular formula is C17H22BNO3. The summed E-state index contributed by atoms with van der Waals surface area (Å²) in [5.74, 6) is 0.823. The van der Waals surface area contributed by atoms with Crippen LogP contribution in [0.5, 0.6) is 0 Å². The molecule has 1 saturated heterocycles. The van der Waals surface area contributed by atoms with E-state index in [9.17, 15) is 0 Å². The maximum atomic E-state index is 6.12. The molecule has 0 unspecified atom stereocenters. The molecule has 2 aromatic rings. The standard InChI is InChI=1S/C17H22BNO3/c1-11-15(12(2)20-19-11)13-8-7-9-14(10-13)18-21-16(3,4)17(5,6)22-18/h7-10H,1-6H3. The third-order valence-electron chi connectivity index (χ3n) is 4.73. The number of benzene rings is 1. The molecule has 4 nitrogen and oxygen atoms in total. The van der Waals surface area contributed by atoms with Gasteiger partial charge in [-0.05, 0) is 52.6 Å². The maximum absolute atomic E-state index is 6.12. The van der Waals surface area contributed by atoms with Crippen molar-refractivity contribution in [2.45, 2.75) is 52.7 Å². The van der Waals surface area contributed by atoms with E-state index < -0.39 is 0 Å². The van der Waals surface area contributed by atoms with Crippen LogP contribution in [0.2, 0.25) is 0 Å². The van der Waals surface area contributed by atoms with Crippen molar-refractivity contribution in [3.8, 4) is 11.1 Å². The number of rotatable bonds is 2. The molecule has 0 aliphatic carbocycles. The molecule has 1 aromatic carbocycles. The van der Waals surface area contributed by atoms with E-state index in [1.165, 1.54) is 0 Å². The van der Waals surface area contributed by atoms with E-state index in [4.69, 9.17) is 13.8 Å². The Morgan fingerprint density at radius 3 is 2.18 bits per heavy atom. The number of hydrogen-bond donors (Lipinski definition) is 0. The van der Waals surface area contributed by atoms with Crippen LogP contribution in [-0.2, 0) is 9.31 Å². The van der Waals surface area contributed by atoms with Crippen molar-refractivity contribution < 1.29 is 13.8 Å². The number of aryl methyl sites for hydroxylation is 2. The fourth-order valence-corrected chi connectivity index (χ4v) is 2.72. The highest BCUT2D eigenvalue weighted by Crippen LogP contribution is 2.36. The normalized spacial score (nSPS) is 19.6. The predicted molar refractivity (Wildman–Crippen MR) is 87.1 cm³/mol. The van der Waals surface area contributed by atoms with Gasteiger partial charge in [0.15, 0.2) is 0 Å². The van der Waals surface area contributed by atoms with Crippen LogP contribution in [0.1, 0.15) is 39.1 Å². The Hall–Kier alpha value is -1.59. The van der Waals surface area contributed by atoms with E-state index in [0.29, 0.717) is 0 Å². The molecule has 1 aliphatic rings. The summed E-state index contributed by atoms with van der Waals surface area (Å²) in [5.41, 5.74) is 3.34. The lowest BCUT2D eigenvalue weighted by Gasteiger charge is -2.32. The van der Waals surface area contributed by atoms with Crippen LogP contribution < -0.4 is 5.46 Å². The molecule has 0 saturated carbocycles. The quantitative estimate of drug-likeness (QED) is 0.798. The van der Waals surface area contributed by atoms with Gasteiger partial charge in [0.05, 0.1) is 16.9 Å². The van der Waals surface area contributed by atoms with Crippen molar-refractivity contribution in [3.63, 3.8) is 0 Å². The molecule has 0 bridgehead atoms. The van der Waals surface area contributed by atoms with E-state index in [-0.39, 0.29) is 18.3 Å². The van der Waals surface area contributed by atoms with Gasteiger partial charge in [-0.3, -0.25) is 0 Å². The molecule has 0 spiro atoms. The zero-order valence-electron chi connectivity index (χ0n) is 14.1. The van der Waals surface area contributed by atoms with Crippen molar-refractivity contribution in [3.05, 3.63) is 35.7 Å². The lowest BCUT2D eigenvalue weighted by Crippen LogP contribution is -2.41. The van der Waals surface area contributed by atoms with Crippen molar-refractivity contribution in [2.75, 3.05) is 0 Å². The second-order valence-corrected chi connectivity index (χ2v) is 6.91. The lowest BCUT2D eigenvalue weighted by atomic mass is 9.78. The Balaban J connectivity index is 1.97. The van der Waals surface area contributed by atoms with Crippen LogP contribution in [-0.4, -0.2) is 23.5 Å². The number of aromatic nitrogens is 1. The first-order chi connectivity index (χ1) is 10.2. The molecule has 22 heavy (non-hydrogen) atoms. The zero-order chi connectivity index (χ0) is 16.1. The second kappa shape index (κ2) is 4.96. The van der Waals surface area contributed by atoms with Crippen LogP contribution in [0.3, 0.4) is 0 Å². The van der Waals surface area contributed by atoms with Crippen molar-refractivity contribution in [1.82, 2.24) is 5.16 Å². The van der Waals surface area contributed by atoms with Crippen LogP contribution in [0.15, 0.2) is 28.8 Å². The van der Waals surface area contributed by atoms with E-state index >= 15 is 0 Å². The highest BCUT2D eigenvalue weighted by atomic mass is 16.7. The topological polar surface area (TPSA) is 44.5 Å². The van der Waals surface area contributed by atoms with Gasteiger partial charge in [-0.1, -0.05) is 29.4 Å². The van der Waals surface area contributed by atoms with Crippen molar-refractivity contribution in [1.29, 1.82) is 0 Å². The maximum Gasteiger partial charge on any atom is 0.494 e. The van der Waals surface area contributed by atoms with E-state index in [0.717, 1.165) is 28.0 Å². The summed E-state index contributed by atoms with van der Waals surface area (Å²) < 4.78 is 17.5. The Morgan fingerprint density at radius 2 is 1.64 bits per heavy atom. The summed E-state index contributed by atoms with van der Waals surface area (Å²) in [6.07, 6.45) is 0. The first kappa shape index (κ1) is 15.3. The van der Waals surface area contributed by atoms with E-state index in [1.54, 1.807) is 0 Å². The van der Waals surface area contributed by atoms with Gasteiger partial charge in [-0.25, -0.2) is 0 Å². The third-order valence-corrected chi connectivity index (χ3v) is 4.73. The fraction of sp³-hybridized carbons (Fsp3) is 0.471. The summed E-state index contributed by atoms with van der Waals surface area (Å²) >= 11 is 0. The van der Waals surface area contributed by atoms with Crippen LogP contribution in [0.25, 0.3) is 11.1 Å². The summed E-state index contributed by atoms with van der Waals surface area (Å²) in [5, 5.41) is 4.03. The molecule has 1 aromatic heterocycles. The minimum atomic E-state index is -0.356. The second-order valence-electron chi connectivity index (χ2n) is 6.91. The number of hydrogen-bond acceptors (Lipinski definition) is 4. The minimum Gasteiger partial charge on any atom is -0.399 e. The first-order valence-electron chi connectivity index (χ1n) is 7.60. The lowest BCUT2D eigenvalue weighted by molar-refractivity contribution is 0.00578. The van der Waals surface area contributed by atoms with E-state index in [2.05, 4.69) is 45.0 Å². The molecule has 1 aliphatic heterocycles. The van der Waals surface area contributed by atoms with Gasteiger partial charge in [0.25, 0.3) is 0 Å². The average Bonchev–Trinajstić information content (AvgIpc) is 2.87. The number of nitrogens with zero attached hydrogens (tertiary/aromatic N) is 1.